The summed E-state index contributed by atoms with van der Waals surface area (Å²) in [7, 11) is 1.43. The van der Waals surface area contributed by atoms with Gasteiger partial charge in [0.2, 0.25) is 0 Å². The summed E-state index contributed by atoms with van der Waals surface area (Å²) in [4.78, 5) is 33.7. The molecule has 0 spiro atoms. The Morgan fingerprint density at radius 2 is 1.59 bits per heavy atom. The molecule has 4 aromatic rings. The van der Waals surface area contributed by atoms with Crippen LogP contribution in [-0.2, 0) is 5.75 Å². The van der Waals surface area contributed by atoms with Crippen LogP contribution in [0.15, 0.2) is 83.1 Å². The number of nitrogens with one attached hydrogen (secondary N) is 1. The largest absolute Gasteiger partial charge is 0.493 e. The van der Waals surface area contributed by atoms with Gasteiger partial charge in [0.15, 0.2) is 16.7 Å². The smallest absolute Gasteiger partial charge is 0.343 e. The van der Waals surface area contributed by atoms with E-state index in [1.165, 1.54) is 49.4 Å². The van der Waals surface area contributed by atoms with E-state index in [1.807, 2.05) is 32.0 Å². The van der Waals surface area contributed by atoms with Crippen molar-refractivity contribution in [2.24, 2.45) is 5.10 Å². The number of hydrazone groups is 1. The molecule has 10 heteroatoms. The third-order valence-electron chi connectivity index (χ3n) is 5.40. The molecule has 0 unspecified atom stereocenters. The number of hydrogen-bond donors (Lipinski definition) is 1. The van der Waals surface area contributed by atoms with Gasteiger partial charge in [0.1, 0.15) is 5.82 Å². The highest BCUT2D eigenvalue weighted by molar-refractivity contribution is 7.98. The molecule has 0 atom stereocenters. The molecule has 198 valence electrons. The Hall–Kier alpha value is -4.57. The van der Waals surface area contributed by atoms with Gasteiger partial charge in [0.25, 0.3) is 5.91 Å². The van der Waals surface area contributed by atoms with E-state index in [-0.39, 0.29) is 17.2 Å². The van der Waals surface area contributed by atoms with Crippen molar-refractivity contribution >= 4 is 29.9 Å². The Kier molecular flexibility index (Phi) is 9.01. The van der Waals surface area contributed by atoms with Crippen molar-refractivity contribution < 1.29 is 23.5 Å². The standard InChI is InChI=1S/C29H25FN4O4S/c1-18-14-19(2)33-29(32-18)39-17-20-4-7-22(8-5-20)27(35)34-31-16-21-6-13-25(26(15-21)37-3)38-28(36)23-9-11-24(30)12-10-23/h4-16H,17H2,1-3H3,(H,34,35)/b31-16+. The van der Waals surface area contributed by atoms with Crippen molar-refractivity contribution in [2.45, 2.75) is 24.8 Å². The van der Waals surface area contributed by atoms with Crippen LogP contribution in [0.1, 0.15) is 43.2 Å². The molecule has 3 aromatic carbocycles. The molecule has 8 nitrogen and oxygen atoms in total. The SMILES string of the molecule is COc1cc(/C=N/NC(=O)c2ccc(CSc3nc(C)cc(C)n3)cc2)ccc1OC(=O)c1ccc(F)cc1. The zero-order chi connectivity index (χ0) is 27.8. The molecule has 0 bridgehead atoms. The van der Waals surface area contributed by atoms with Gasteiger partial charge < -0.3 is 9.47 Å². The van der Waals surface area contributed by atoms with Crippen LogP contribution < -0.4 is 14.9 Å². The van der Waals surface area contributed by atoms with Crippen molar-refractivity contribution in [1.82, 2.24) is 15.4 Å². The first-order chi connectivity index (χ1) is 18.8. The van der Waals surface area contributed by atoms with Gasteiger partial charge in [-0.05, 0) is 85.6 Å². The summed E-state index contributed by atoms with van der Waals surface area (Å²) in [5, 5.41) is 4.73. The number of hydrogen-bond acceptors (Lipinski definition) is 8. The van der Waals surface area contributed by atoms with E-state index in [0.717, 1.165) is 22.1 Å². The lowest BCUT2D eigenvalue weighted by Crippen LogP contribution is -2.17. The number of halogens is 1. The highest BCUT2D eigenvalue weighted by atomic mass is 32.2. The zero-order valence-corrected chi connectivity index (χ0v) is 22.3. The predicted octanol–water partition coefficient (Wildman–Crippen LogP) is 5.52. The molecule has 1 amide bonds. The van der Waals surface area contributed by atoms with Gasteiger partial charge >= 0.3 is 5.97 Å². The summed E-state index contributed by atoms with van der Waals surface area (Å²) >= 11 is 1.54. The fourth-order valence-corrected chi connectivity index (χ4v) is 4.39. The van der Waals surface area contributed by atoms with Crippen LogP contribution >= 0.6 is 11.8 Å². The molecule has 39 heavy (non-hydrogen) atoms. The highest BCUT2D eigenvalue weighted by Gasteiger charge is 2.13. The van der Waals surface area contributed by atoms with E-state index in [9.17, 15) is 14.0 Å². The van der Waals surface area contributed by atoms with Crippen molar-refractivity contribution in [1.29, 1.82) is 0 Å². The van der Waals surface area contributed by atoms with Gasteiger partial charge in [0, 0.05) is 22.7 Å². The van der Waals surface area contributed by atoms with Crippen LogP contribution in [0.25, 0.3) is 0 Å². The van der Waals surface area contributed by atoms with E-state index in [0.29, 0.717) is 22.6 Å². The minimum Gasteiger partial charge on any atom is -0.493 e. The highest BCUT2D eigenvalue weighted by Crippen LogP contribution is 2.28. The normalized spacial score (nSPS) is 10.9. The van der Waals surface area contributed by atoms with Crippen LogP contribution in [0.4, 0.5) is 4.39 Å². The second-order valence-corrected chi connectivity index (χ2v) is 9.37. The van der Waals surface area contributed by atoms with E-state index in [1.54, 1.807) is 30.3 Å². The maximum Gasteiger partial charge on any atom is 0.343 e. The number of ether oxygens (including phenoxy) is 2. The monoisotopic (exact) mass is 544 g/mol. The fraction of sp³-hybridized carbons (Fsp3) is 0.138. The van der Waals surface area contributed by atoms with Gasteiger partial charge in [-0.25, -0.2) is 24.6 Å². The molecule has 0 aliphatic carbocycles. The fourth-order valence-electron chi connectivity index (χ4n) is 3.48. The molecule has 1 heterocycles. The number of benzene rings is 3. The average Bonchev–Trinajstić information content (AvgIpc) is 2.92. The number of methoxy groups -OCH3 is 1. The summed E-state index contributed by atoms with van der Waals surface area (Å²) in [5.74, 6) is -0.295. The molecule has 0 saturated carbocycles. The van der Waals surface area contributed by atoms with Gasteiger partial charge in [0.05, 0.1) is 18.9 Å². The first-order valence-electron chi connectivity index (χ1n) is 11.8. The second-order valence-electron chi connectivity index (χ2n) is 8.42. The minimum absolute atomic E-state index is 0.190. The number of esters is 1. The van der Waals surface area contributed by atoms with Crippen LogP contribution in [-0.4, -0.2) is 35.2 Å². The molecule has 0 radical (unpaired) electrons. The lowest BCUT2D eigenvalue weighted by molar-refractivity contribution is 0.0729. The molecular formula is C29H25FN4O4S. The summed E-state index contributed by atoms with van der Waals surface area (Å²) in [5.41, 5.74) is 6.66. The summed E-state index contributed by atoms with van der Waals surface area (Å²) < 4.78 is 23.8. The lowest BCUT2D eigenvalue weighted by atomic mass is 10.1. The first kappa shape index (κ1) is 27.5. The second kappa shape index (κ2) is 12.8. The van der Waals surface area contributed by atoms with Gasteiger partial charge in [-0.3, -0.25) is 4.79 Å². The maximum atomic E-state index is 13.1. The average molecular weight is 545 g/mol. The molecule has 4 rings (SSSR count). The number of rotatable bonds is 9. The number of nitrogens with zero attached hydrogens (tertiary/aromatic N) is 3. The predicted molar refractivity (Wildman–Crippen MR) is 147 cm³/mol. The summed E-state index contributed by atoms with van der Waals surface area (Å²) in [6, 6.07) is 19.0. The number of aryl methyl sites for hydroxylation is 2. The van der Waals surface area contributed by atoms with Crippen molar-refractivity contribution in [2.75, 3.05) is 7.11 Å². The van der Waals surface area contributed by atoms with Crippen molar-refractivity contribution in [3.8, 4) is 11.5 Å². The molecule has 0 aliphatic rings. The minimum atomic E-state index is -0.648. The van der Waals surface area contributed by atoms with Crippen LogP contribution in [0, 0.1) is 19.7 Å². The third kappa shape index (κ3) is 7.71. The van der Waals surface area contributed by atoms with Crippen LogP contribution in [0.3, 0.4) is 0 Å². The van der Waals surface area contributed by atoms with Crippen LogP contribution in [0.2, 0.25) is 0 Å². The number of thioether (sulfide) groups is 1. The Morgan fingerprint density at radius 1 is 0.923 bits per heavy atom. The summed E-state index contributed by atoms with van der Waals surface area (Å²) in [6.45, 7) is 3.88. The molecule has 0 aliphatic heterocycles. The lowest BCUT2D eigenvalue weighted by Gasteiger charge is -2.10. The molecular weight excluding hydrogens is 519 g/mol. The van der Waals surface area contributed by atoms with E-state index >= 15 is 0 Å². The third-order valence-corrected chi connectivity index (χ3v) is 6.31. The molecule has 0 fully saturated rings. The van der Waals surface area contributed by atoms with Crippen molar-refractivity contribution in [3.63, 3.8) is 0 Å². The van der Waals surface area contributed by atoms with E-state index < -0.39 is 11.8 Å². The quantitative estimate of drug-likeness (QED) is 0.0740. The maximum absolute atomic E-state index is 13.1. The van der Waals surface area contributed by atoms with Gasteiger partial charge in [-0.15, -0.1) is 0 Å². The molecule has 0 saturated heterocycles. The molecule has 1 aromatic heterocycles. The van der Waals surface area contributed by atoms with Gasteiger partial charge in [-0.2, -0.15) is 5.10 Å². The topological polar surface area (TPSA) is 103 Å². The van der Waals surface area contributed by atoms with E-state index in [4.69, 9.17) is 9.47 Å². The Bertz CT molecular complexity index is 1490. The number of amides is 1. The number of carbonyl (C=O) groups is 2. The summed E-state index contributed by atoms with van der Waals surface area (Å²) in [6.07, 6.45) is 1.45. The Labute approximate surface area is 229 Å². The van der Waals surface area contributed by atoms with Gasteiger partial charge in [-0.1, -0.05) is 23.9 Å². The van der Waals surface area contributed by atoms with Crippen LogP contribution in [0.5, 0.6) is 11.5 Å². The molecule has 1 N–H and O–H groups in total. The first-order valence-corrected chi connectivity index (χ1v) is 12.8. The number of carbonyl (C=O) groups excluding carboxylic acids is 2. The zero-order valence-electron chi connectivity index (χ0n) is 21.5. The Balaban J connectivity index is 1.32. The number of aromatic nitrogens is 2. The van der Waals surface area contributed by atoms with E-state index in [2.05, 4.69) is 20.5 Å². The Morgan fingerprint density at radius 3 is 2.26 bits per heavy atom. The van der Waals surface area contributed by atoms with Crippen molar-refractivity contribution in [3.05, 3.63) is 112 Å².